The first kappa shape index (κ1) is 19.2. The van der Waals surface area contributed by atoms with Crippen LogP contribution in [0.4, 0.5) is 5.69 Å². The van der Waals surface area contributed by atoms with Crippen LogP contribution in [0.15, 0.2) is 60.8 Å². The number of hydrogen-bond donors (Lipinski definition) is 2. The number of anilines is 1. The molecule has 5 heteroatoms. The van der Waals surface area contributed by atoms with E-state index < -0.39 is 0 Å². The van der Waals surface area contributed by atoms with Crippen LogP contribution in [0.5, 0.6) is 0 Å². The van der Waals surface area contributed by atoms with Crippen LogP contribution in [-0.2, 0) is 9.59 Å². The molecule has 2 amide bonds. The number of amides is 2. The molecule has 0 fully saturated rings. The molecule has 3 N–H and O–H groups in total. The Hall–Kier alpha value is -3.08. The topological polar surface area (TPSA) is 77.1 Å². The summed E-state index contributed by atoms with van der Waals surface area (Å²) >= 11 is 0. The number of nitrogens with two attached hydrogens (primary N) is 1. The Kier molecular flexibility index (Phi) is 6.17. The highest BCUT2D eigenvalue weighted by Crippen LogP contribution is 2.25. The number of carbonyl (C=O) groups is 2. The Morgan fingerprint density at radius 3 is 2.38 bits per heavy atom. The molecule has 136 valence electrons. The van der Waals surface area contributed by atoms with Gasteiger partial charge in [-0.15, -0.1) is 0 Å². The summed E-state index contributed by atoms with van der Waals surface area (Å²) in [4.78, 5) is 20.7. The fourth-order valence-corrected chi connectivity index (χ4v) is 2.72. The molecule has 1 heterocycles. The maximum Gasteiger partial charge on any atom is 0.224 e. The van der Waals surface area contributed by atoms with Gasteiger partial charge in [-0.05, 0) is 41.8 Å². The summed E-state index contributed by atoms with van der Waals surface area (Å²) in [7, 11) is 0. The highest BCUT2D eigenvalue weighted by atomic mass is 16.1. The fraction of sp³-hybridized carbons (Fsp3) is 0.238. The van der Waals surface area contributed by atoms with Crippen LogP contribution in [-0.4, -0.2) is 16.9 Å². The lowest BCUT2D eigenvalue weighted by atomic mass is 9.92. The first-order valence-electron chi connectivity index (χ1n) is 8.46. The van der Waals surface area contributed by atoms with E-state index in [-0.39, 0.29) is 17.7 Å². The normalized spacial score (nSPS) is 10.7. The number of nitrogens with one attached hydrogen (secondary N) is 1. The van der Waals surface area contributed by atoms with Crippen molar-refractivity contribution in [3.63, 3.8) is 0 Å². The van der Waals surface area contributed by atoms with Crippen molar-refractivity contribution in [1.82, 2.24) is 4.57 Å². The largest absolute Gasteiger partial charge is 0.372 e. The predicted octanol–water partition coefficient (Wildman–Crippen LogP) is 4.11. The first-order chi connectivity index (χ1) is 12.3. The number of fused-ring (bicyclic) bond motifs is 1. The smallest absolute Gasteiger partial charge is 0.224 e. The van der Waals surface area contributed by atoms with Crippen LogP contribution in [0.2, 0.25) is 0 Å². The standard InChI is InChI=1S/C20H22N2O.CH3NO/c1-20(2,3)14-19(23)21-16-9-10-18-15(13-16)11-12-22(18)17-7-5-4-6-8-17;2-1-3/h4-13H,14H2,1-3H3,(H,21,23);1H,(H2,2,3). The van der Waals surface area contributed by atoms with E-state index in [0.717, 1.165) is 22.3 Å². The molecule has 0 radical (unpaired) electrons. The molecule has 3 rings (SSSR count). The number of primary amides is 1. The van der Waals surface area contributed by atoms with Gasteiger partial charge in [0.25, 0.3) is 0 Å². The molecule has 0 atom stereocenters. The van der Waals surface area contributed by atoms with Gasteiger partial charge in [0.15, 0.2) is 0 Å². The second kappa shape index (κ2) is 8.34. The fourth-order valence-electron chi connectivity index (χ4n) is 2.72. The van der Waals surface area contributed by atoms with Crippen LogP contribution in [0, 0.1) is 5.41 Å². The van der Waals surface area contributed by atoms with Gasteiger partial charge in [-0.2, -0.15) is 0 Å². The lowest BCUT2D eigenvalue weighted by Crippen LogP contribution is -2.19. The third-order valence-electron chi connectivity index (χ3n) is 3.70. The van der Waals surface area contributed by atoms with Gasteiger partial charge in [-0.25, -0.2) is 0 Å². The van der Waals surface area contributed by atoms with Crippen molar-refractivity contribution in [2.75, 3.05) is 5.32 Å². The third-order valence-corrected chi connectivity index (χ3v) is 3.70. The van der Waals surface area contributed by atoms with E-state index in [0.29, 0.717) is 6.42 Å². The minimum Gasteiger partial charge on any atom is -0.372 e. The van der Waals surface area contributed by atoms with E-state index in [4.69, 9.17) is 4.79 Å². The predicted molar refractivity (Wildman–Crippen MR) is 106 cm³/mol. The van der Waals surface area contributed by atoms with Gasteiger partial charge >= 0.3 is 0 Å². The van der Waals surface area contributed by atoms with Gasteiger partial charge in [0, 0.05) is 29.4 Å². The molecule has 0 aliphatic carbocycles. The van der Waals surface area contributed by atoms with E-state index in [2.05, 4.69) is 66.9 Å². The zero-order valence-corrected chi connectivity index (χ0v) is 15.4. The summed E-state index contributed by atoms with van der Waals surface area (Å²) < 4.78 is 2.15. The minimum absolute atomic E-state index is 0.00910. The molecule has 2 aromatic carbocycles. The molecule has 26 heavy (non-hydrogen) atoms. The average molecular weight is 351 g/mol. The van der Waals surface area contributed by atoms with Crippen molar-refractivity contribution in [3.05, 3.63) is 60.8 Å². The van der Waals surface area contributed by atoms with Crippen molar-refractivity contribution in [2.45, 2.75) is 27.2 Å². The zero-order chi connectivity index (χ0) is 19.2. The summed E-state index contributed by atoms with van der Waals surface area (Å²) in [5.41, 5.74) is 7.26. The van der Waals surface area contributed by atoms with Gasteiger partial charge in [-0.3, -0.25) is 9.59 Å². The number of rotatable bonds is 3. The Balaban J connectivity index is 0.000000758. The molecule has 5 nitrogen and oxygen atoms in total. The lowest BCUT2D eigenvalue weighted by Gasteiger charge is -2.17. The molecule has 0 spiro atoms. The van der Waals surface area contributed by atoms with E-state index >= 15 is 0 Å². The number of aromatic nitrogens is 1. The van der Waals surface area contributed by atoms with E-state index in [1.807, 2.05) is 30.3 Å². The van der Waals surface area contributed by atoms with Crippen molar-refractivity contribution < 1.29 is 9.59 Å². The van der Waals surface area contributed by atoms with Crippen LogP contribution in [0.25, 0.3) is 16.6 Å². The van der Waals surface area contributed by atoms with Crippen LogP contribution < -0.4 is 11.1 Å². The quantitative estimate of drug-likeness (QED) is 0.697. The second-order valence-electron chi connectivity index (χ2n) is 7.22. The van der Waals surface area contributed by atoms with Crippen LogP contribution in [0.3, 0.4) is 0 Å². The highest BCUT2D eigenvalue weighted by Gasteiger charge is 2.16. The summed E-state index contributed by atoms with van der Waals surface area (Å²) in [6, 6.07) is 18.3. The molecule has 0 aliphatic rings. The number of hydrogen-bond acceptors (Lipinski definition) is 2. The molecule has 0 saturated heterocycles. The SMILES string of the molecule is CC(C)(C)CC(=O)Nc1ccc2c(ccn2-c2ccccc2)c1.NC=O. The number of para-hydroxylation sites is 1. The van der Waals surface area contributed by atoms with Gasteiger partial charge in [0.1, 0.15) is 0 Å². The van der Waals surface area contributed by atoms with E-state index in [9.17, 15) is 4.79 Å². The van der Waals surface area contributed by atoms with Gasteiger partial charge in [0.2, 0.25) is 12.3 Å². The summed E-state index contributed by atoms with van der Waals surface area (Å²) in [5.74, 6) is 0.0549. The Bertz CT molecular complexity index is 877. The van der Waals surface area contributed by atoms with Crippen molar-refractivity contribution in [1.29, 1.82) is 0 Å². The van der Waals surface area contributed by atoms with Crippen molar-refractivity contribution >= 4 is 28.9 Å². The molecular formula is C21H25N3O2. The zero-order valence-electron chi connectivity index (χ0n) is 15.4. The summed E-state index contributed by atoms with van der Waals surface area (Å²) in [6.45, 7) is 6.20. The lowest BCUT2D eigenvalue weighted by molar-refractivity contribution is -0.117. The van der Waals surface area contributed by atoms with Crippen LogP contribution in [0.1, 0.15) is 27.2 Å². The molecule has 0 bridgehead atoms. The van der Waals surface area contributed by atoms with Crippen molar-refractivity contribution in [3.8, 4) is 5.69 Å². The Labute approximate surface area is 153 Å². The monoisotopic (exact) mass is 351 g/mol. The summed E-state index contributed by atoms with van der Waals surface area (Å²) in [5, 5.41) is 4.10. The molecule has 0 saturated carbocycles. The van der Waals surface area contributed by atoms with Crippen LogP contribution >= 0.6 is 0 Å². The minimum atomic E-state index is -0.00910. The Morgan fingerprint density at radius 1 is 1.12 bits per heavy atom. The van der Waals surface area contributed by atoms with Crippen molar-refractivity contribution in [2.24, 2.45) is 11.1 Å². The number of carbonyl (C=O) groups excluding carboxylic acids is 2. The van der Waals surface area contributed by atoms with Gasteiger partial charge in [-0.1, -0.05) is 39.0 Å². The van der Waals surface area contributed by atoms with Gasteiger partial charge in [0.05, 0.1) is 5.52 Å². The molecule has 1 aromatic heterocycles. The maximum absolute atomic E-state index is 12.1. The molecule has 3 aromatic rings. The van der Waals surface area contributed by atoms with E-state index in [1.54, 1.807) is 0 Å². The third kappa shape index (κ3) is 5.21. The molecule has 0 aliphatic heterocycles. The Morgan fingerprint density at radius 2 is 1.77 bits per heavy atom. The average Bonchev–Trinajstić information content (AvgIpc) is 2.97. The molecule has 0 unspecified atom stereocenters. The second-order valence-corrected chi connectivity index (χ2v) is 7.22. The highest BCUT2D eigenvalue weighted by molar-refractivity contribution is 5.94. The number of nitrogens with zero attached hydrogens (tertiary/aromatic N) is 1. The first-order valence-corrected chi connectivity index (χ1v) is 8.46. The molecular weight excluding hydrogens is 326 g/mol. The van der Waals surface area contributed by atoms with E-state index in [1.165, 1.54) is 0 Å². The number of benzene rings is 2. The maximum atomic E-state index is 12.1. The summed E-state index contributed by atoms with van der Waals surface area (Å²) in [6.07, 6.45) is 2.82. The van der Waals surface area contributed by atoms with Gasteiger partial charge < -0.3 is 15.6 Å².